The number of benzene rings is 2. The summed E-state index contributed by atoms with van der Waals surface area (Å²) in [5.41, 5.74) is 2.32. The smallest absolute Gasteiger partial charge is 0.265 e. The fourth-order valence-corrected chi connectivity index (χ4v) is 3.23. The number of carbonyl (C=O) groups excluding carboxylic acids is 1. The number of nitrogens with zero attached hydrogens (tertiary/aromatic N) is 4. The van der Waals surface area contributed by atoms with Crippen molar-refractivity contribution in [2.75, 3.05) is 4.90 Å². The lowest BCUT2D eigenvalue weighted by Crippen LogP contribution is -2.56. The molecule has 0 bridgehead atoms. The van der Waals surface area contributed by atoms with Gasteiger partial charge in [0.05, 0.1) is 16.9 Å². The summed E-state index contributed by atoms with van der Waals surface area (Å²) < 4.78 is 1.62. The van der Waals surface area contributed by atoms with Crippen LogP contribution in [0.1, 0.15) is 5.56 Å². The lowest BCUT2D eigenvalue weighted by molar-refractivity contribution is -0.115. The van der Waals surface area contributed by atoms with E-state index in [0.717, 1.165) is 11.3 Å². The van der Waals surface area contributed by atoms with Crippen molar-refractivity contribution < 1.29 is 9.90 Å². The van der Waals surface area contributed by atoms with Crippen LogP contribution in [0, 0.1) is 0 Å². The van der Waals surface area contributed by atoms with Crippen LogP contribution in [0.25, 0.3) is 11.8 Å². The summed E-state index contributed by atoms with van der Waals surface area (Å²) in [5.74, 6) is -0.404. The van der Waals surface area contributed by atoms with Crippen LogP contribution in [-0.2, 0) is 4.79 Å². The van der Waals surface area contributed by atoms with Crippen molar-refractivity contribution in [3.8, 4) is 5.69 Å². The first kappa shape index (κ1) is 18.3. The van der Waals surface area contributed by atoms with E-state index in [1.807, 2.05) is 24.3 Å². The van der Waals surface area contributed by atoms with E-state index in [9.17, 15) is 9.90 Å². The Morgan fingerprint density at radius 3 is 2.43 bits per heavy atom. The molecule has 0 saturated carbocycles. The van der Waals surface area contributed by atoms with Crippen LogP contribution in [0.4, 0.5) is 5.69 Å². The van der Waals surface area contributed by atoms with Gasteiger partial charge in [0.2, 0.25) is 0 Å². The Hall–Kier alpha value is -3.07. The lowest BCUT2D eigenvalue weighted by Gasteiger charge is -2.33. The Balaban J connectivity index is 1.64. The van der Waals surface area contributed by atoms with Crippen molar-refractivity contribution in [1.82, 2.24) is 20.1 Å². The molecule has 1 atom stereocenters. The Kier molecular flexibility index (Phi) is 4.91. The van der Waals surface area contributed by atoms with E-state index >= 15 is 0 Å². The Bertz CT molecular complexity index is 1050. The average Bonchev–Trinajstić information content (AvgIpc) is 3.22. The number of halogens is 1. The number of anilines is 1. The van der Waals surface area contributed by atoms with Crippen LogP contribution < -0.4 is 10.2 Å². The molecule has 9 heteroatoms. The predicted octanol–water partition coefficient (Wildman–Crippen LogP) is 2.54. The summed E-state index contributed by atoms with van der Waals surface area (Å²) >= 11 is 11.2. The first-order valence-electron chi connectivity index (χ1n) is 8.28. The number of hydrogen-bond acceptors (Lipinski definition) is 5. The molecule has 140 valence electrons. The molecule has 1 fully saturated rings. The van der Waals surface area contributed by atoms with Gasteiger partial charge in [-0.1, -0.05) is 23.7 Å². The molecule has 2 N–H and O–H groups in total. The fourth-order valence-electron chi connectivity index (χ4n) is 2.81. The van der Waals surface area contributed by atoms with Crippen molar-refractivity contribution in [2.24, 2.45) is 0 Å². The third-order valence-electron chi connectivity index (χ3n) is 4.19. The van der Waals surface area contributed by atoms with Gasteiger partial charge in [-0.15, -0.1) is 0 Å². The van der Waals surface area contributed by atoms with Gasteiger partial charge in [0.1, 0.15) is 12.7 Å². The van der Waals surface area contributed by atoms with Gasteiger partial charge >= 0.3 is 0 Å². The molecule has 7 nitrogen and oxygen atoms in total. The number of thiocarbonyl (C=S) groups is 1. The average molecular weight is 412 g/mol. The standard InChI is InChI=1S/C19H14ClN5O2S/c20-13-3-7-15(8-4-13)25-18(27)16(17(26)23-19(25)28)9-12-1-5-14(6-2-12)24-11-21-10-22-24/h1-11,17,26H,(H,23,28). The highest BCUT2D eigenvalue weighted by atomic mass is 35.5. The second-order valence-corrected chi connectivity index (χ2v) is 6.82. The fraction of sp³-hybridized carbons (Fsp3) is 0.0526. The molecule has 1 unspecified atom stereocenters. The van der Waals surface area contributed by atoms with Gasteiger partial charge in [-0.3, -0.25) is 9.69 Å². The van der Waals surface area contributed by atoms with E-state index in [1.165, 1.54) is 11.2 Å². The lowest BCUT2D eigenvalue weighted by atomic mass is 10.1. The molecule has 3 aromatic rings. The van der Waals surface area contributed by atoms with E-state index in [1.54, 1.807) is 41.4 Å². The van der Waals surface area contributed by atoms with Crippen LogP contribution in [-0.4, -0.2) is 37.1 Å². The number of amides is 1. The van der Waals surface area contributed by atoms with Gasteiger partial charge in [-0.2, -0.15) is 5.10 Å². The van der Waals surface area contributed by atoms with Gasteiger partial charge in [0.15, 0.2) is 11.3 Å². The molecular formula is C19H14ClN5O2S. The summed E-state index contributed by atoms with van der Waals surface area (Å²) in [4.78, 5) is 18.2. The molecule has 1 saturated heterocycles. The third-order valence-corrected chi connectivity index (χ3v) is 4.74. The molecule has 28 heavy (non-hydrogen) atoms. The minimum atomic E-state index is -1.20. The van der Waals surface area contributed by atoms with Gasteiger partial charge in [0, 0.05) is 5.02 Å². The number of nitrogens with one attached hydrogen (secondary N) is 1. The van der Waals surface area contributed by atoms with E-state index in [-0.39, 0.29) is 10.7 Å². The minimum absolute atomic E-state index is 0.124. The zero-order valence-electron chi connectivity index (χ0n) is 14.4. The molecule has 0 radical (unpaired) electrons. The van der Waals surface area contributed by atoms with E-state index in [4.69, 9.17) is 23.8 Å². The van der Waals surface area contributed by atoms with Crippen molar-refractivity contribution in [3.05, 3.63) is 77.3 Å². The monoisotopic (exact) mass is 411 g/mol. The summed E-state index contributed by atoms with van der Waals surface area (Å²) in [6.07, 6.45) is 3.47. The normalized spacial score (nSPS) is 18.4. The minimum Gasteiger partial charge on any atom is -0.369 e. The van der Waals surface area contributed by atoms with E-state index in [0.29, 0.717) is 10.7 Å². The highest BCUT2D eigenvalue weighted by molar-refractivity contribution is 7.80. The molecule has 0 spiro atoms. The topological polar surface area (TPSA) is 83.3 Å². The summed E-state index contributed by atoms with van der Waals surface area (Å²) in [6.45, 7) is 0. The molecular weight excluding hydrogens is 398 g/mol. The first-order chi connectivity index (χ1) is 13.5. The quantitative estimate of drug-likeness (QED) is 0.509. The molecule has 1 aromatic heterocycles. The maximum atomic E-state index is 13.0. The molecule has 1 aliphatic rings. The van der Waals surface area contributed by atoms with Gasteiger partial charge in [-0.05, 0) is 60.3 Å². The number of carbonyl (C=O) groups is 1. The number of aliphatic hydroxyl groups excluding tert-OH is 1. The van der Waals surface area contributed by atoms with E-state index in [2.05, 4.69) is 15.4 Å². The highest BCUT2D eigenvalue weighted by Gasteiger charge is 2.34. The summed E-state index contributed by atoms with van der Waals surface area (Å²) in [5, 5.41) is 17.8. The zero-order chi connectivity index (χ0) is 19.7. The zero-order valence-corrected chi connectivity index (χ0v) is 15.9. The maximum absolute atomic E-state index is 13.0. The maximum Gasteiger partial charge on any atom is 0.265 e. The van der Waals surface area contributed by atoms with Crippen LogP contribution in [0.2, 0.25) is 5.02 Å². The molecule has 4 rings (SSSR count). The highest BCUT2D eigenvalue weighted by Crippen LogP contribution is 2.25. The second kappa shape index (κ2) is 7.51. The van der Waals surface area contributed by atoms with Crippen molar-refractivity contribution in [3.63, 3.8) is 0 Å². The number of hydrogen-bond donors (Lipinski definition) is 2. The molecule has 1 amide bonds. The molecule has 1 aliphatic heterocycles. The van der Waals surface area contributed by atoms with Crippen molar-refractivity contribution in [2.45, 2.75) is 6.23 Å². The van der Waals surface area contributed by atoms with Crippen molar-refractivity contribution in [1.29, 1.82) is 0 Å². The molecule has 0 aliphatic carbocycles. The third kappa shape index (κ3) is 3.53. The number of rotatable bonds is 3. The van der Waals surface area contributed by atoms with Gasteiger partial charge in [-0.25, -0.2) is 9.67 Å². The van der Waals surface area contributed by atoms with Gasteiger partial charge in [0.25, 0.3) is 5.91 Å². The largest absolute Gasteiger partial charge is 0.369 e. The molecule has 2 heterocycles. The number of aliphatic hydroxyl groups is 1. The second-order valence-electron chi connectivity index (χ2n) is 6.00. The Labute approximate surface area is 170 Å². The van der Waals surface area contributed by atoms with Crippen LogP contribution in [0.15, 0.2) is 66.8 Å². The first-order valence-corrected chi connectivity index (χ1v) is 9.07. The summed E-state index contributed by atoms with van der Waals surface area (Å²) in [6, 6.07) is 14.1. The Morgan fingerprint density at radius 1 is 1.11 bits per heavy atom. The van der Waals surface area contributed by atoms with Gasteiger partial charge < -0.3 is 10.4 Å². The van der Waals surface area contributed by atoms with Crippen molar-refractivity contribution >= 4 is 46.6 Å². The van der Waals surface area contributed by atoms with Crippen LogP contribution >= 0.6 is 23.8 Å². The summed E-state index contributed by atoms with van der Waals surface area (Å²) in [7, 11) is 0. The number of aromatic nitrogens is 3. The predicted molar refractivity (Wildman–Crippen MR) is 110 cm³/mol. The SMILES string of the molecule is O=C1C(=Cc2ccc(-n3cncn3)cc2)C(O)NC(=S)N1c1ccc(Cl)cc1. The Morgan fingerprint density at radius 2 is 1.79 bits per heavy atom. The van der Waals surface area contributed by atoms with Crippen LogP contribution in [0.5, 0.6) is 0 Å². The molecule has 2 aromatic carbocycles. The van der Waals surface area contributed by atoms with Crippen LogP contribution in [0.3, 0.4) is 0 Å². The van der Waals surface area contributed by atoms with E-state index < -0.39 is 12.1 Å².